The van der Waals surface area contributed by atoms with Crippen molar-refractivity contribution in [2.45, 2.75) is 26.2 Å². The van der Waals surface area contributed by atoms with Crippen LogP contribution in [0.15, 0.2) is 6.33 Å². The van der Waals surface area contributed by atoms with Crippen LogP contribution in [-0.4, -0.2) is 35.5 Å². The summed E-state index contributed by atoms with van der Waals surface area (Å²) in [5, 5.41) is 2.93. The van der Waals surface area contributed by atoms with Crippen LogP contribution >= 0.6 is 0 Å². The van der Waals surface area contributed by atoms with Gasteiger partial charge in [0.15, 0.2) is 11.6 Å². The minimum atomic E-state index is -0.467. The Morgan fingerprint density at radius 2 is 2.40 bits per heavy atom. The van der Waals surface area contributed by atoms with E-state index in [0.29, 0.717) is 19.6 Å². The maximum absolute atomic E-state index is 14.4. The van der Waals surface area contributed by atoms with Crippen LogP contribution in [0.4, 0.5) is 16.0 Å². The minimum absolute atomic E-state index is 0.207. The summed E-state index contributed by atoms with van der Waals surface area (Å²) in [5.41, 5.74) is 5.34. The number of nitrogens with two attached hydrogens (primary N) is 1. The largest absolute Gasteiger partial charge is 0.369 e. The summed E-state index contributed by atoms with van der Waals surface area (Å²) in [4.78, 5) is 21.0. The molecule has 1 amide bonds. The number of carbonyl (C=O) groups is 1. The lowest BCUT2D eigenvalue weighted by atomic mass is 9.97. The van der Waals surface area contributed by atoms with Gasteiger partial charge in [0, 0.05) is 19.6 Å². The van der Waals surface area contributed by atoms with Crippen molar-refractivity contribution in [3.63, 3.8) is 0 Å². The third-order valence-corrected chi connectivity index (χ3v) is 3.44. The highest BCUT2D eigenvalue weighted by Crippen LogP contribution is 2.26. The fourth-order valence-corrected chi connectivity index (χ4v) is 2.35. The fourth-order valence-electron chi connectivity index (χ4n) is 2.35. The van der Waals surface area contributed by atoms with Crippen LogP contribution in [0.1, 0.15) is 26.2 Å². The Balaban J connectivity index is 2.17. The van der Waals surface area contributed by atoms with Crippen LogP contribution in [0.25, 0.3) is 0 Å². The van der Waals surface area contributed by atoms with Gasteiger partial charge in [-0.3, -0.25) is 4.79 Å². The molecule has 1 aromatic heterocycles. The first-order valence-corrected chi connectivity index (χ1v) is 6.92. The van der Waals surface area contributed by atoms with Gasteiger partial charge >= 0.3 is 0 Å². The molecule has 0 aliphatic carbocycles. The normalized spacial score (nSPS) is 18.9. The van der Waals surface area contributed by atoms with Gasteiger partial charge in [0.05, 0.1) is 5.92 Å². The molecule has 20 heavy (non-hydrogen) atoms. The van der Waals surface area contributed by atoms with Crippen molar-refractivity contribution < 1.29 is 9.18 Å². The lowest BCUT2D eigenvalue weighted by Crippen LogP contribution is -2.42. The zero-order valence-electron chi connectivity index (χ0n) is 11.6. The molecular weight excluding hydrogens is 261 g/mol. The Morgan fingerprint density at radius 1 is 1.60 bits per heavy atom. The molecule has 0 saturated carbocycles. The summed E-state index contributed by atoms with van der Waals surface area (Å²) < 4.78 is 14.4. The molecule has 1 aliphatic heterocycles. The number of amides is 1. The molecule has 1 saturated heterocycles. The second-order valence-electron chi connectivity index (χ2n) is 4.97. The number of rotatable bonds is 5. The number of piperidine rings is 1. The third kappa shape index (κ3) is 3.15. The fraction of sp³-hybridized carbons (Fsp3) is 0.615. The number of primary amides is 1. The van der Waals surface area contributed by atoms with Crippen molar-refractivity contribution >= 4 is 17.5 Å². The van der Waals surface area contributed by atoms with Gasteiger partial charge in [0.1, 0.15) is 6.33 Å². The average Bonchev–Trinajstić information content (AvgIpc) is 2.46. The molecule has 6 nitrogen and oxygen atoms in total. The number of nitrogens with zero attached hydrogens (tertiary/aromatic N) is 3. The predicted octanol–water partition coefficient (Wildman–Crippen LogP) is 1.14. The van der Waals surface area contributed by atoms with Gasteiger partial charge in [-0.1, -0.05) is 6.92 Å². The molecule has 110 valence electrons. The third-order valence-electron chi connectivity index (χ3n) is 3.44. The molecule has 0 radical (unpaired) electrons. The van der Waals surface area contributed by atoms with E-state index in [1.165, 1.54) is 6.33 Å². The van der Waals surface area contributed by atoms with Gasteiger partial charge in [0.25, 0.3) is 0 Å². The van der Waals surface area contributed by atoms with Crippen LogP contribution in [0, 0.1) is 11.7 Å². The predicted molar refractivity (Wildman–Crippen MR) is 74.9 cm³/mol. The van der Waals surface area contributed by atoms with E-state index in [0.717, 1.165) is 19.3 Å². The number of nitrogens with one attached hydrogen (secondary N) is 1. The molecule has 7 heteroatoms. The molecule has 1 unspecified atom stereocenters. The Morgan fingerprint density at radius 3 is 3.10 bits per heavy atom. The Labute approximate surface area is 117 Å². The zero-order chi connectivity index (χ0) is 14.5. The van der Waals surface area contributed by atoms with E-state index in [1.54, 1.807) is 4.90 Å². The van der Waals surface area contributed by atoms with Crippen LogP contribution in [-0.2, 0) is 4.79 Å². The summed E-state index contributed by atoms with van der Waals surface area (Å²) in [6, 6.07) is 0. The molecule has 1 fully saturated rings. The van der Waals surface area contributed by atoms with Crippen molar-refractivity contribution in [2.24, 2.45) is 11.7 Å². The number of anilines is 2. The van der Waals surface area contributed by atoms with Crippen molar-refractivity contribution in [3.05, 3.63) is 12.1 Å². The summed E-state index contributed by atoms with van der Waals surface area (Å²) >= 11 is 0. The van der Waals surface area contributed by atoms with E-state index in [9.17, 15) is 9.18 Å². The molecule has 0 aromatic carbocycles. The van der Waals surface area contributed by atoms with Crippen LogP contribution < -0.4 is 16.0 Å². The second kappa shape index (κ2) is 6.49. The first kappa shape index (κ1) is 14.5. The monoisotopic (exact) mass is 281 g/mol. The van der Waals surface area contributed by atoms with E-state index in [-0.39, 0.29) is 23.5 Å². The summed E-state index contributed by atoms with van der Waals surface area (Å²) in [6.45, 7) is 3.73. The van der Waals surface area contributed by atoms with Crippen LogP contribution in [0.2, 0.25) is 0 Å². The minimum Gasteiger partial charge on any atom is -0.369 e. The summed E-state index contributed by atoms with van der Waals surface area (Å²) in [6.07, 6.45) is 3.77. The number of hydrogen-bond donors (Lipinski definition) is 2. The van der Waals surface area contributed by atoms with Crippen molar-refractivity contribution in [2.75, 3.05) is 29.9 Å². The zero-order valence-corrected chi connectivity index (χ0v) is 11.6. The number of halogens is 1. The number of hydrogen-bond acceptors (Lipinski definition) is 5. The van der Waals surface area contributed by atoms with Crippen molar-refractivity contribution in [1.82, 2.24) is 9.97 Å². The first-order valence-electron chi connectivity index (χ1n) is 6.92. The molecule has 0 bridgehead atoms. The average molecular weight is 281 g/mol. The molecule has 1 atom stereocenters. The quantitative estimate of drug-likeness (QED) is 0.845. The topological polar surface area (TPSA) is 84.1 Å². The van der Waals surface area contributed by atoms with Crippen LogP contribution in [0.5, 0.6) is 0 Å². The molecule has 0 spiro atoms. The maximum Gasteiger partial charge on any atom is 0.222 e. The standard InChI is InChI=1S/C13H20FN5O/c1-2-5-16-12-10(14)13(18-8-17-12)19-6-3-4-9(7-19)11(15)20/h8-9H,2-7H2,1H3,(H2,15,20)(H,16,17,18). The number of carbonyl (C=O) groups excluding carboxylic acids is 1. The number of aromatic nitrogens is 2. The van der Waals surface area contributed by atoms with E-state index in [2.05, 4.69) is 15.3 Å². The van der Waals surface area contributed by atoms with Crippen LogP contribution in [0.3, 0.4) is 0 Å². The van der Waals surface area contributed by atoms with Gasteiger partial charge in [0.2, 0.25) is 11.7 Å². The van der Waals surface area contributed by atoms with Gasteiger partial charge < -0.3 is 16.0 Å². The van der Waals surface area contributed by atoms with Gasteiger partial charge in [-0.25, -0.2) is 9.97 Å². The molecule has 2 heterocycles. The Kier molecular flexibility index (Phi) is 4.70. The maximum atomic E-state index is 14.4. The molecule has 1 aliphatic rings. The second-order valence-corrected chi connectivity index (χ2v) is 4.97. The van der Waals surface area contributed by atoms with E-state index < -0.39 is 5.82 Å². The summed E-state index contributed by atoms with van der Waals surface area (Å²) in [5.74, 6) is -0.604. The van der Waals surface area contributed by atoms with Crippen molar-refractivity contribution in [1.29, 1.82) is 0 Å². The first-order chi connectivity index (χ1) is 9.63. The molecule has 1 aromatic rings. The highest BCUT2D eigenvalue weighted by atomic mass is 19.1. The Hall–Kier alpha value is -1.92. The highest BCUT2D eigenvalue weighted by Gasteiger charge is 2.27. The van der Waals surface area contributed by atoms with E-state index in [1.807, 2.05) is 6.92 Å². The SMILES string of the molecule is CCCNc1ncnc(N2CCCC(C(N)=O)C2)c1F. The molecule has 2 rings (SSSR count). The van der Waals surface area contributed by atoms with E-state index >= 15 is 0 Å². The smallest absolute Gasteiger partial charge is 0.222 e. The van der Waals surface area contributed by atoms with Gasteiger partial charge in [-0.15, -0.1) is 0 Å². The molecular formula is C13H20FN5O. The summed E-state index contributed by atoms with van der Waals surface area (Å²) in [7, 11) is 0. The Bertz CT molecular complexity index is 482. The highest BCUT2D eigenvalue weighted by molar-refractivity contribution is 5.77. The van der Waals surface area contributed by atoms with Gasteiger partial charge in [-0.05, 0) is 19.3 Å². The van der Waals surface area contributed by atoms with Gasteiger partial charge in [-0.2, -0.15) is 4.39 Å². The molecule has 3 N–H and O–H groups in total. The lowest BCUT2D eigenvalue weighted by Gasteiger charge is -2.32. The van der Waals surface area contributed by atoms with E-state index in [4.69, 9.17) is 5.73 Å². The van der Waals surface area contributed by atoms with Crippen molar-refractivity contribution in [3.8, 4) is 0 Å². The lowest BCUT2D eigenvalue weighted by molar-refractivity contribution is -0.122.